The summed E-state index contributed by atoms with van der Waals surface area (Å²) in [6.45, 7) is 4.41. The van der Waals surface area contributed by atoms with Crippen LogP contribution >= 0.6 is 0 Å². The monoisotopic (exact) mass is 287 g/mol. The number of nitrogens with one attached hydrogen (secondary N) is 1. The van der Waals surface area contributed by atoms with Crippen molar-refractivity contribution in [1.82, 2.24) is 5.32 Å². The lowest BCUT2D eigenvalue weighted by Crippen LogP contribution is -2.34. The largest absolute Gasteiger partial charge is 0.353 e. The molecular weight excluding hydrogens is 258 g/mol. The van der Waals surface area contributed by atoms with E-state index in [4.69, 9.17) is 0 Å². The zero-order valence-corrected chi connectivity index (χ0v) is 13.5. The Kier molecular flexibility index (Phi) is 6.28. The van der Waals surface area contributed by atoms with Crippen molar-refractivity contribution >= 4 is 5.91 Å². The number of aryl methyl sites for hydroxylation is 1. The zero-order chi connectivity index (χ0) is 15.1. The molecule has 0 bridgehead atoms. The molecule has 1 amide bonds. The molecular formula is C19H29NO. The van der Waals surface area contributed by atoms with Crippen LogP contribution in [0.2, 0.25) is 0 Å². The van der Waals surface area contributed by atoms with Crippen molar-refractivity contribution in [2.75, 3.05) is 0 Å². The summed E-state index contributed by atoms with van der Waals surface area (Å²) in [5.41, 5.74) is 2.62. The van der Waals surface area contributed by atoms with Crippen LogP contribution in [0.5, 0.6) is 0 Å². The van der Waals surface area contributed by atoms with E-state index >= 15 is 0 Å². The van der Waals surface area contributed by atoms with E-state index in [1.807, 2.05) is 0 Å². The van der Waals surface area contributed by atoms with Gasteiger partial charge in [-0.25, -0.2) is 0 Å². The Bertz CT molecular complexity index is 427. The average Bonchev–Trinajstić information content (AvgIpc) is 2.74. The molecule has 2 rings (SSSR count). The van der Waals surface area contributed by atoms with E-state index in [1.54, 1.807) is 0 Å². The molecule has 1 aromatic carbocycles. The lowest BCUT2D eigenvalue weighted by molar-refractivity contribution is -0.121. The summed E-state index contributed by atoms with van der Waals surface area (Å²) in [7, 11) is 0. The molecule has 2 heteroatoms. The van der Waals surface area contributed by atoms with Gasteiger partial charge in [0.2, 0.25) is 5.91 Å². The van der Waals surface area contributed by atoms with Crippen LogP contribution in [0.15, 0.2) is 24.3 Å². The lowest BCUT2D eigenvalue weighted by Gasteiger charge is -2.16. The van der Waals surface area contributed by atoms with Gasteiger partial charge in [0.25, 0.3) is 0 Å². The number of rotatable bonds is 5. The minimum absolute atomic E-state index is 0.217. The summed E-state index contributed by atoms with van der Waals surface area (Å²) in [5.74, 6) is 0.785. The van der Waals surface area contributed by atoms with Crippen LogP contribution in [0.1, 0.15) is 75.8 Å². The van der Waals surface area contributed by atoms with Crippen LogP contribution in [-0.4, -0.2) is 11.9 Å². The normalized spacial score (nSPS) is 16.7. The zero-order valence-electron chi connectivity index (χ0n) is 13.5. The van der Waals surface area contributed by atoms with Gasteiger partial charge in [-0.1, -0.05) is 63.8 Å². The van der Waals surface area contributed by atoms with E-state index in [-0.39, 0.29) is 5.91 Å². The van der Waals surface area contributed by atoms with E-state index in [0.717, 1.165) is 19.3 Å². The van der Waals surface area contributed by atoms with Crippen LogP contribution in [0, 0.1) is 0 Å². The molecule has 1 aliphatic carbocycles. The second-order valence-corrected chi connectivity index (χ2v) is 6.65. The molecule has 2 nitrogen and oxygen atoms in total. The molecule has 0 unspecified atom stereocenters. The molecule has 0 atom stereocenters. The Labute approximate surface area is 129 Å². The van der Waals surface area contributed by atoms with Gasteiger partial charge in [0.1, 0.15) is 0 Å². The molecule has 1 fully saturated rings. The van der Waals surface area contributed by atoms with Crippen molar-refractivity contribution in [2.24, 2.45) is 0 Å². The Morgan fingerprint density at radius 3 is 2.29 bits per heavy atom. The highest BCUT2D eigenvalue weighted by molar-refractivity contribution is 5.76. The minimum atomic E-state index is 0.217. The van der Waals surface area contributed by atoms with Gasteiger partial charge in [0.15, 0.2) is 0 Å². The van der Waals surface area contributed by atoms with E-state index in [9.17, 15) is 4.79 Å². The van der Waals surface area contributed by atoms with Crippen molar-refractivity contribution in [3.63, 3.8) is 0 Å². The molecule has 0 saturated heterocycles. The summed E-state index contributed by atoms with van der Waals surface area (Å²) in [6.07, 6.45) is 8.96. The van der Waals surface area contributed by atoms with Crippen molar-refractivity contribution < 1.29 is 4.79 Å². The quantitative estimate of drug-likeness (QED) is 0.789. The molecule has 0 spiro atoms. The predicted octanol–water partition coefficient (Wildman–Crippen LogP) is 4.58. The van der Waals surface area contributed by atoms with Crippen molar-refractivity contribution in [3.8, 4) is 0 Å². The Balaban J connectivity index is 1.75. The van der Waals surface area contributed by atoms with Gasteiger partial charge < -0.3 is 5.32 Å². The summed E-state index contributed by atoms with van der Waals surface area (Å²) in [5, 5.41) is 3.22. The van der Waals surface area contributed by atoms with Gasteiger partial charge >= 0.3 is 0 Å². The molecule has 0 radical (unpaired) electrons. The molecule has 1 aromatic rings. The van der Waals surface area contributed by atoms with Gasteiger partial charge in [-0.05, 0) is 36.3 Å². The topological polar surface area (TPSA) is 29.1 Å². The number of benzene rings is 1. The van der Waals surface area contributed by atoms with Crippen LogP contribution < -0.4 is 5.32 Å². The first kappa shape index (κ1) is 16.1. The summed E-state index contributed by atoms with van der Waals surface area (Å²) in [6, 6.07) is 9.11. The molecule has 0 aromatic heterocycles. The summed E-state index contributed by atoms with van der Waals surface area (Å²) >= 11 is 0. The SMILES string of the molecule is CC(C)c1ccc(CCC(=O)NC2CCCCCC2)cc1. The molecule has 1 N–H and O–H groups in total. The highest BCUT2D eigenvalue weighted by atomic mass is 16.1. The highest BCUT2D eigenvalue weighted by Gasteiger charge is 2.14. The summed E-state index contributed by atoms with van der Waals surface area (Å²) < 4.78 is 0. The maximum Gasteiger partial charge on any atom is 0.220 e. The first-order valence-electron chi connectivity index (χ1n) is 8.53. The first-order valence-corrected chi connectivity index (χ1v) is 8.53. The van der Waals surface area contributed by atoms with Gasteiger partial charge in [-0.3, -0.25) is 4.79 Å². The van der Waals surface area contributed by atoms with Crippen LogP contribution in [0.4, 0.5) is 0 Å². The fraction of sp³-hybridized carbons (Fsp3) is 0.632. The maximum atomic E-state index is 12.1. The Morgan fingerprint density at radius 2 is 1.71 bits per heavy atom. The molecule has 116 valence electrons. The van der Waals surface area contributed by atoms with Gasteiger partial charge in [0, 0.05) is 12.5 Å². The molecule has 21 heavy (non-hydrogen) atoms. The second-order valence-electron chi connectivity index (χ2n) is 6.65. The molecule has 0 heterocycles. The number of hydrogen-bond acceptors (Lipinski definition) is 1. The standard InChI is InChI=1S/C19H29NO/c1-15(2)17-12-9-16(10-13-17)11-14-19(21)20-18-7-5-3-4-6-8-18/h9-10,12-13,15,18H,3-8,11,14H2,1-2H3,(H,20,21). The van der Waals surface area contributed by atoms with Crippen molar-refractivity contribution in [1.29, 1.82) is 0 Å². The third-order valence-corrected chi connectivity index (χ3v) is 4.51. The van der Waals surface area contributed by atoms with Crippen molar-refractivity contribution in [2.45, 2.75) is 77.2 Å². The van der Waals surface area contributed by atoms with E-state index in [0.29, 0.717) is 18.4 Å². The van der Waals surface area contributed by atoms with Crippen LogP contribution in [0.25, 0.3) is 0 Å². The molecule has 0 aliphatic heterocycles. The number of amides is 1. The Hall–Kier alpha value is -1.31. The van der Waals surface area contributed by atoms with Crippen LogP contribution in [-0.2, 0) is 11.2 Å². The van der Waals surface area contributed by atoms with Gasteiger partial charge in [-0.2, -0.15) is 0 Å². The van der Waals surface area contributed by atoms with E-state index < -0.39 is 0 Å². The second kappa shape index (κ2) is 8.21. The third-order valence-electron chi connectivity index (χ3n) is 4.51. The summed E-state index contributed by atoms with van der Waals surface area (Å²) in [4.78, 5) is 12.1. The molecule has 1 saturated carbocycles. The molecule has 1 aliphatic rings. The van der Waals surface area contributed by atoms with Gasteiger partial charge in [-0.15, -0.1) is 0 Å². The Morgan fingerprint density at radius 1 is 1.10 bits per heavy atom. The fourth-order valence-electron chi connectivity index (χ4n) is 3.05. The lowest BCUT2D eigenvalue weighted by atomic mass is 10.00. The van der Waals surface area contributed by atoms with E-state index in [1.165, 1.54) is 36.8 Å². The van der Waals surface area contributed by atoms with E-state index in [2.05, 4.69) is 43.4 Å². The first-order chi connectivity index (χ1) is 10.1. The number of carbonyl (C=O) groups excluding carboxylic acids is 1. The maximum absolute atomic E-state index is 12.1. The fourth-order valence-corrected chi connectivity index (χ4v) is 3.05. The smallest absolute Gasteiger partial charge is 0.220 e. The van der Waals surface area contributed by atoms with Gasteiger partial charge in [0.05, 0.1) is 0 Å². The minimum Gasteiger partial charge on any atom is -0.353 e. The number of hydrogen-bond donors (Lipinski definition) is 1. The highest BCUT2D eigenvalue weighted by Crippen LogP contribution is 2.18. The predicted molar refractivity (Wildman–Crippen MR) is 88.5 cm³/mol. The number of carbonyl (C=O) groups is 1. The van der Waals surface area contributed by atoms with Crippen molar-refractivity contribution in [3.05, 3.63) is 35.4 Å². The third kappa shape index (κ3) is 5.53. The average molecular weight is 287 g/mol. The van der Waals surface area contributed by atoms with Crippen LogP contribution in [0.3, 0.4) is 0 Å².